The Bertz CT molecular complexity index is 1090. The van der Waals surface area contributed by atoms with Crippen molar-refractivity contribution in [3.05, 3.63) is 80.1 Å². The molecule has 0 aliphatic carbocycles. The van der Waals surface area contributed by atoms with Crippen LogP contribution in [0.3, 0.4) is 0 Å². The summed E-state index contributed by atoms with van der Waals surface area (Å²) in [4.78, 5) is 15.0. The molecule has 134 valence electrons. The molecular weight excluding hydrogens is 322 g/mol. The maximum absolute atomic E-state index is 12.9. The average molecular weight is 347 g/mol. The summed E-state index contributed by atoms with van der Waals surface area (Å²) >= 11 is 0. The van der Waals surface area contributed by atoms with Crippen LogP contribution in [0.2, 0.25) is 0 Å². The van der Waals surface area contributed by atoms with Gasteiger partial charge in [-0.3, -0.25) is 9.89 Å². The van der Waals surface area contributed by atoms with Crippen molar-refractivity contribution in [2.24, 2.45) is 0 Å². The molecule has 0 amide bonds. The lowest BCUT2D eigenvalue weighted by atomic mass is 10.1. The van der Waals surface area contributed by atoms with Gasteiger partial charge >= 0.3 is 0 Å². The Hall–Kier alpha value is -3.01. The van der Waals surface area contributed by atoms with Crippen molar-refractivity contribution in [3.8, 4) is 5.69 Å². The van der Waals surface area contributed by atoms with Crippen LogP contribution in [0.4, 0.5) is 5.69 Å². The van der Waals surface area contributed by atoms with Gasteiger partial charge in [-0.2, -0.15) is 0 Å². The zero-order valence-corrected chi connectivity index (χ0v) is 15.8. The molecule has 4 nitrogen and oxygen atoms in total. The van der Waals surface area contributed by atoms with Gasteiger partial charge in [0.1, 0.15) is 0 Å². The number of anilines is 1. The fraction of sp³-hybridized carbons (Fsp3) is 0.227. The second-order valence-corrected chi connectivity index (χ2v) is 6.66. The molecular formula is C22H25N3O. The molecule has 3 aromatic rings. The van der Waals surface area contributed by atoms with Crippen LogP contribution in [0.1, 0.15) is 23.6 Å². The largest absolute Gasteiger partial charge is 0.375 e. The topological polar surface area (TPSA) is 41.0 Å². The second-order valence-electron chi connectivity index (χ2n) is 6.66. The Kier molecular flexibility index (Phi) is 4.85. The van der Waals surface area contributed by atoms with Crippen LogP contribution in [0.5, 0.6) is 0 Å². The van der Waals surface area contributed by atoms with Crippen molar-refractivity contribution in [2.45, 2.75) is 20.8 Å². The SMILES string of the molecule is C=c1[nH]n(-c2ccc(C)c(C)c2)c(=O)c1=Cc1ccc(N(C)CC)cc1. The van der Waals surface area contributed by atoms with Gasteiger partial charge in [0.15, 0.2) is 0 Å². The number of aromatic amines is 1. The Morgan fingerprint density at radius 2 is 1.81 bits per heavy atom. The maximum Gasteiger partial charge on any atom is 0.279 e. The molecule has 0 aliphatic heterocycles. The van der Waals surface area contributed by atoms with Gasteiger partial charge in [0.2, 0.25) is 0 Å². The number of benzene rings is 2. The molecule has 0 radical (unpaired) electrons. The number of hydrogen-bond acceptors (Lipinski definition) is 2. The third-order valence-electron chi connectivity index (χ3n) is 4.87. The van der Waals surface area contributed by atoms with E-state index in [2.05, 4.69) is 49.6 Å². The monoisotopic (exact) mass is 347 g/mol. The molecule has 0 fully saturated rings. The number of hydrogen-bond donors (Lipinski definition) is 1. The van der Waals surface area contributed by atoms with Gasteiger partial charge < -0.3 is 4.90 Å². The molecule has 0 saturated heterocycles. The van der Waals surface area contributed by atoms with E-state index in [4.69, 9.17) is 0 Å². The van der Waals surface area contributed by atoms with E-state index in [0.29, 0.717) is 10.6 Å². The van der Waals surface area contributed by atoms with Crippen LogP contribution < -0.4 is 21.0 Å². The highest BCUT2D eigenvalue weighted by molar-refractivity contribution is 5.55. The number of aromatic nitrogens is 2. The Morgan fingerprint density at radius 1 is 1.12 bits per heavy atom. The summed E-state index contributed by atoms with van der Waals surface area (Å²) in [6, 6.07) is 14.1. The summed E-state index contributed by atoms with van der Waals surface area (Å²) < 4.78 is 1.56. The van der Waals surface area contributed by atoms with Gasteiger partial charge in [0, 0.05) is 19.3 Å². The molecule has 1 N–H and O–H groups in total. The van der Waals surface area contributed by atoms with Gasteiger partial charge in [-0.25, -0.2) is 4.68 Å². The van der Waals surface area contributed by atoms with Gasteiger partial charge in [-0.15, -0.1) is 0 Å². The number of aryl methyl sites for hydroxylation is 2. The van der Waals surface area contributed by atoms with E-state index in [1.807, 2.05) is 43.3 Å². The van der Waals surface area contributed by atoms with Crippen molar-refractivity contribution in [1.82, 2.24) is 9.78 Å². The smallest absolute Gasteiger partial charge is 0.279 e. The van der Waals surface area contributed by atoms with Crippen LogP contribution in [0.15, 0.2) is 47.3 Å². The summed E-state index contributed by atoms with van der Waals surface area (Å²) in [7, 11) is 2.06. The predicted molar refractivity (Wildman–Crippen MR) is 110 cm³/mol. The Labute approximate surface area is 153 Å². The lowest BCUT2D eigenvalue weighted by Gasteiger charge is -2.16. The number of rotatable bonds is 4. The normalized spacial score (nSPS) is 11.8. The minimum absolute atomic E-state index is 0.0898. The van der Waals surface area contributed by atoms with Gasteiger partial charge in [-0.1, -0.05) is 24.8 Å². The highest BCUT2D eigenvalue weighted by Gasteiger charge is 2.06. The zero-order chi connectivity index (χ0) is 18.8. The van der Waals surface area contributed by atoms with Crippen molar-refractivity contribution < 1.29 is 0 Å². The fourth-order valence-electron chi connectivity index (χ4n) is 2.87. The van der Waals surface area contributed by atoms with Crippen molar-refractivity contribution in [1.29, 1.82) is 0 Å². The van der Waals surface area contributed by atoms with Crippen molar-refractivity contribution >= 4 is 18.3 Å². The molecule has 3 rings (SSSR count). The number of nitrogens with zero attached hydrogens (tertiary/aromatic N) is 2. The molecule has 0 bridgehead atoms. The Balaban J connectivity index is 2.05. The molecule has 0 unspecified atom stereocenters. The standard InChI is InChI=1S/C22H25N3O/c1-6-24(5)19-11-8-18(9-12-19)14-21-17(4)23-25(22(21)26)20-10-7-15(2)16(3)13-20/h7-14,23H,4,6H2,1-3,5H3. The molecule has 1 heterocycles. The van der Waals surface area contributed by atoms with E-state index in [9.17, 15) is 4.79 Å². The molecule has 4 heteroatoms. The highest BCUT2D eigenvalue weighted by Crippen LogP contribution is 2.14. The molecule has 2 aromatic carbocycles. The van der Waals surface area contributed by atoms with E-state index in [0.717, 1.165) is 29.0 Å². The minimum Gasteiger partial charge on any atom is -0.375 e. The first-order chi connectivity index (χ1) is 12.4. The second kappa shape index (κ2) is 7.08. The van der Waals surface area contributed by atoms with Crippen LogP contribution in [0, 0.1) is 13.8 Å². The van der Waals surface area contributed by atoms with Crippen LogP contribution >= 0.6 is 0 Å². The number of nitrogens with one attached hydrogen (secondary N) is 1. The predicted octanol–water partition coefficient (Wildman–Crippen LogP) is 2.48. The fourth-order valence-corrected chi connectivity index (χ4v) is 2.87. The van der Waals surface area contributed by atoms with Crippen molar-refractivity contribution in [3.63, 3.8) is 0 Å². The summed E-state index contributed by atoms with van der Waals surface area (Å²) in [5.74, 6) is 0. The first-order valence-corrected chi connectivity index (χ1v) is 8.81. The van der Waals surface area contributed by atoms with Crippen LogP contribution in [0.25, 0.3) is 18.3 Å². The van der Waals surface area contributed by atoms with Crippen LogP contribution in [-0.4, -0.2) is 23.4 Å². The maximum atomic E-state index is 12.9. The first-order valence-electron chi connectivity index (χ1n) is 8.81. The lowest BCUT2D eigenvalue weighted by Crippen LogP contribution is -2.34. The molecule has 1 aromatic heterocycles. The van der Waals surface area contributed by atoms with Gasteiger partial charge in [0.25, 0.3) is 5.56 Å². The highest BCUT2D eigenvalue weighted by atomic mass is 16.1. The van der Waals surface area contributed by atoms with Crippen LogP contribution in [-0.2, 0) is 0 Å². The summed E-state index contributed by atoms with van der Waals surface area (Å²) in [6.07, 6.45) is 1.88. The third kappa shape index (κ3) is 3.36. The molecule has 0 spiro atoms. The van der Waals surface area contributed by atoms with Gasteiger partial charge in [-0.05, 0) is 67.8 Å². The van der Waals surface area contributed by atoms with E-state index in [1.54, 1.807) is 4.68 Å². The van der Waals surface area contributed by atoms with Crippen molar-refractivity contribution in [2.75, 3.05) is 18.5 Å². The van der Waals surface area contributed by atoms with E-state index >= 15 is 0 Å². The Morgan fingerprint density at radius 3 is 2.42 bits per heavy atom. The van der Waals surface area contributed by atoms with E-state index in [-0.39, 0.29) is 5.56 Å². The van der Waals surface area contributed by atoms with Gasteiger partial charge in [0.05, 0.1) is 16.3 Å². The summed E-state index contributed by atoms with van der Waals surface area (Å²) in [6.45, 7) is 11.2. The molecule has 0 saturated carbocycles. The number of H-pyrrole nitrogens is 1. The van der Waals surface area contributed by atoms with E-state index < -0.39 is 0 Å². The third-order valence-corrected chi connectivity index (χ3v) is 4.87. The molecule has 0 atom stereocenters. The van der Waals surface area contributed by atoms with E-state index in [1.165, 1.54) is 5.56 Å². The minimum atomic E-state index is -0.0898. The summed E-state index contributed by atoms with van der Waals surface area (Å²) in [5, 5.41) is 4.29. The zero-order valence-electron chi connectivity index (χ0n) is 15.8. The molecule has 0 aliphatic rings. The quantitative estimate of drug-likeness (QED) is 0.788. The lowest BCUT2D eigenvalue weighted by molar-refractivity contribution is 0.837. The summed E-state index contributed by atoms with van der Waals surface area (Å²) in [5.41, 5.74) is 5.21. The average Bonchev–Trinajstić information content (AvgIpc) is 2.92. The molecule has 26 heavy (non-hydrogen) atoms. The first kappa shape index (κ1) is 17.8.